The molecular weight excluding hydrogens is 376 g/mol. The van der Waals surface area contributed by atoms with Crippen LogP contribution >= 0.6 is 0 Å². The average Bonchev–Trinajstić information content (AvgIpc) is 2.94. The van der Waals surface area contributed by atoms with E-state index in [1.807, 2.05) is 20.8 Å². The molecule has 3 amide bonds. The van der Waals surface area contributed by atoms with Crippen molar-refractivity contribution in [1.29, 1.82) is 0 Å². The van der Waals surface area contributed by atoms with Crippen LogP contribution in [0.5, 0.6) is 0 Å². The standard InChI is InChI=1S/C21H26N2O6/c1-13(2)10-17(23-19(25)15-6-4-5-7-16(15)20(23)26)21(27)29-12-18(24)22-8-9-28-14(3)11-22/h4-7,13-14,17H,8-12H2,1-3H3. The third-order valence-corrected chi connectivity index (χ3v) is 5.04. The van der Waals surface area contributed by atoms with Gasteiger partial charge in [0.05, 0.1) is 23.8 Å². The van der Waals surface area contributed by atoms with Crippen molar-refractivity contribution in [2.45, 2.75) is 39.3 Å². The second-order valence-electron chi connectivity index (χ2n) is 7.80. The maximum Gasteiger partial charge on any atom is 0.329 e. The lowest BCUT2D eigenvalue weighted by Gasteiger charge is -2.31. The van der Waals surface area contributed by atoms with Gasteiger partial charge in [-0.25, -0.2) is 4.79 Å². The van der Waals surface area contributed by atoms with Crippen LogP contribution in [0.15, 0.2) is 24.3 Å². The van der Waals surface area contributed by atoms with Gasteiger partial charge in [0.1, 0.15) is 6.04 Å². The molecule has 1 aromatic rings. The van der Waals surface area contributed by atoms with E-state index in [4.69, 9.17) is 9.47 Å². The highest BCUT2D eigenvalue weighted by Crippen LogP contribution is 2.27. The summed E-state index contributed by atoms with van der Waals surface area (Å²) in [4.78, 5) is 53.2. The van der Waals surface area contributed by atoms with E-state index in [1.54, 1.807) is 29.2 Å². The maximum absolute atomic E-state index is 12.8. The molecule has 0 bridgehead atoms. The molecule has 2 heterocycles. The Morgan fingerprint density at radius 2 is 1.79 bits per heavy atom. The molecule has 0 aliphatic carbocycles. The van der Waals surface area contributed by atoms with Crippen LogP contribution in [0, 0.1) is 5.92 Å². The molecule has 0 aromatic heterocycles. The van der Waals surface area contributed by atoms with Crippen molar-refractivity contribution < 1.29 is 28.7 Å². The van der Waals surface area contributed by atoms with Gasteiger partial charge >= 0.3 is 5.97 Å². The lowest BCUT2D eigenvalue weighted by Crippen LogP contribution is -2.48. The van der Waals surface area contributed by atoms with Crippen molar-refractivity contribution >= 4 is 23.7 Å². The van der Waals surface area contributed by atoms with E-state index in [0.29, 0.717) is 19.7 Å². The number of fused-ring (bicyclic) bond motifs is 1. The van der Waals surface area contributed by atoms with E-state index in [0.717, 1.165) is 4.90 Å². The van der Waals surface area contributed by atoms with Crippen LogP contribution in [0.3, 0.4) is 0 Å². The zero-order valence-corrected chi connectivity index (χ0v) is 16.9. The van der Waals surface area contributed by atoms with Gasteiger partial charge in [-0.15, -0.1) is 0 Å². The molecular formula is C21H26N2O6. The lowest BCUT2D eigenvalue weighted by molar-refractivity contribution is -0.158. The van der Waals surface area contributed by atoms with Crippen LogP contribution in [0.1, 0.15) is 47.9 Å². The summed E-state index contributed by atoms with van der Waals surface area (Å²) in [7, 11) is 0. The molecule has 1 saturated heterocycles. The van der Waals surface area contributed by atoms with Crippen molar-refractivity contribution in [3.63, 3.8) is 0 Å². The summed E-state index contributed by atoms with van der Waals surface area (Å²) >= 11 is 0. The van der Waals surface area contributed by atoms with Crippen LogP contribution in [-0.4, -0.2) is 71.9 Å². The van der Waals surface area contributed by atoms with Crippen LogP contribution in [0.2, 0.25) is 0 Å². The highest BCUT2D eigenvalue weighted by Gasteiger charge is 2.43. The maximum atomic E-state index is 12.8. The van der Waals surface area contributed by atoms with Crippen molar-refractivity contribution in [1.82, 2.24) is 9.80 Å². The second-order valence-corrected chi connectivity index (χ2v) is 7.80. The van der Waals surface area contributed by atoms with E-state index in [2.05, 4.69) is 0 Å². The molecule has 1 aromatic carbocycles. The van der Waals surface area contributed by atoms with E-state index in [-0.39, 0.29) is 35.5 Å². The number of amides is 3. The Morgan fingerprint density at radius 1 is 1.17 bits per heavy atom. The highest BCUT2D eigenvalue weighted by atomic mass is 16.5. The third-order valence-electron chi connectivity index (χ3n) is 5.04. The Morgan fingerprint density at radius 3 is 2.34 bits per heavy atom. The van der Waals surface area contributed by atoms with E-state index >= 15 is 0 Å². The monoisotopic (exact) mass is 402 g/mol. The summed E-state index contributed by atoms with van der Waals surface area (Å²) in [5, 5.41) is 0. The zero-order chi connectivity index (χ0) is 21.1. The number of carbonyl (C=O) groups excluding carboxylic acids is 4. The summed E-state index contributed by atoms with van der Waals surface area (Å²) in [6.45, 7) is 6.53. The molecule has 8 nitrogen and oxygen atoms in total. The summed E-state index contributed by atoms with van der Waals surface area (Å²) in [5.74, 6) is -2.06. The molecule has 29 heavy (non-hydrogen) atoms. The topological polar surface area (TPSA) is 93.2 Å². The third kappa shape index (κ3) is 4.48. The van der Waals surface area contributed by atoms with Crippen molar-refractivity contribution in [3.05, 3.63) is 35.4 Å². The number of carbonyl (C=O) groups is 4. The Balaban J connectivity index is 1.70. The van der Waals surface area contributed by atoms with Gasteiger partial charge in [-0.2, -0.15) is 0 Å². The molecule has 0 saturated carbocycles. The van der Waals surface area contributed by atoms with E-state index < -0.39 is 30.4 Å². The number of hydrogen-bond acceptors (Lipinski definition) is 6. The molecule has 2 atom stereocenters. The number of imide groups is 1. The quantitative estimate of drug-likeness (QED) is 0.529. The van der Waals surface area contributed by atoms with Crippen LogP contribution in [0.25, 0.3) is 0 Å². The molecule has 156 valence electrons. The predicted octanol–water partition coefficient (Wildman–Crippen LogP) is 1.49. The van der Waals surface area contributed by atoms with Gasteiger partial charge in [0, 0.05) is 13.1 Å². The number of morpholine rings is 1. The highest BCUT2D eigenvalue weighted by molar-refractivity contribution is 6.22. The first-order valence-electron chi connectivity index (χ1n) is 9.82. The Kier molecular flexibility index (Phi) is 6.32. The SMILES string of the molecule is CC(C)CC(C(=O)OCC(=O)N1CCOC(C)C1)N1C(=O)c2ccccc2C1=O. The Bertz CT molecular complexity index is 786. The Hall–Kier alpha value is -2.74. The first-order chi connectivity index (χ1) is 13.8. The van der Waals surface area contributed by atoms with Gasteiger partial charge < -0.3 is 14.4 Å². The summed E-state index contributed by atoms with van der Waals surface area (Å²) < 4.78 is 10.7. The number of esters is 1. The van der Waals surface area contributed by atoms with Crippen LogP contribution in [0.4, 0.5) is 0 Å². The number of hydrogen-bond donors (Lipinski definition) is 0. The molecule has 8 heteroatoms. The van der Waals surface area contributed by atoms with E-state index in [1.165, 1.54) is 0 Å². The van der Waals surface area contributed by atoms with E-state index in [9.17, 15) is 19.2 Å². The first-order valence-corrected chi connectivity index (χ1v) is 9.82. The number of rotatable bonds is 6. The molecule has 1 fully saturated rings. The van der Waals surface area contributed by atoms with Crippen molar-refractivity contribution in [3.8, 4) is 0 Å². The first kappa shape index (κ1) is 21.0. The minimum Gasteiger partial charge on any atom is -0.454 e. The number of ether oxygens (including phenoxy) is 2. The fraction of sp³-hybridized carbons (Fsp3) is 0.524. The fourth-order valence-corrected chi connectivity index (χ4v) is 3.61. The lowest BCUT2D eigenvalue weighted by atomic mass is 10.0. The summed E-state index contributed by atoms with van der Waals surface area (Å²) in [6.07, 6.45) is 0.183. The smallest absolute Gasteiger partial charge is 0.329 e. The van der Waals surface area contributed by atoms with Gasteiger partial charge in [0.15, 0.2) is 6.61 Å². The molecule has 3 rings (SSSR count). The van der Waals surface area contributed by atoms with Gasteiger partial charge in [-0.05, 0) is 31.4 Å². The van der Waals surface area contributed by atoms with Crippen LogP contribution < -0.4 is 0 Å². The summed E-state index contributed by atoms with van der Waals surface area (Å²) in [6, 6.07) is 5.41. The molecule has 2 aliphatic heterocycles. The Labute approximate surface area is 169 Å². The average molecular weight is 402 g/mol. The number of nitrogens with zero attached hydrogens (tertiary/aromatic N) is 2. The predicted molar refractivity (Wildman–Crippen MR) is 103 cm³/mol. The fourth-order valence-electron chi connectivity index (χ4n) is 3.61. The molecule has 0 radical (unpaired) electrons. The molecule has 2 unspecified atom stereocenters. The van der Waals surface area contributed by atoms with Gasteiger partial charge in [0.2, 0.25) is 0 Å². The van der Waals surface area contributed by atoms with Crippen LogP contribution in [-0.2, 0) is 19.1 Å². The molecule has 2 aliphatic rings. The van der Waals surface area contributed by atoms with Crippen molar-refractivity contribution in [2.24, 2.45) is 5.92 Å². The van der Waals surface area contributed by atoms with Gasteiger partial charge in [0.25, 0.3) is 17.7 Å². The van der Waals surface area contributed by atoms with Gasteiger partial charge in [-0.3, -0.25) is 19.3 Å². The normalized spacial score (nSPS) is 20.1. The van der Waals surface area contributed by atoms with Gasteiger partial charge in [-0.1, -0.05) is 26.0 Å². The minimum atomic E-state index is -1.07. The largest absolute Gasteiger partial charge is 0.454 e. The molecule has 0 N–H and O–H groups in total. The number of benzene rings is 1. The second kappa shape index (κ2) is 8.73. The zero-order valence-electron chi connectivity index (χ0n) is 16.9. The minimum absolute atomic E-state index is 0.0349. The molecule has 0 spiro atoms. The van der Waals surface area contributed by atoms with Crippen molar-refractivity contribution in [2.75, 3.05) is 26.3 Å². The summed E-state index contributed by atoms with van der Waals surface area (Å²) in [5.41, 5.74) is 0.551.